The van der Waals surface area contributed by atoms with Crippen LogP contribution in [0.1, 0.15) is 17.4 Å². The Kier molecular flexibility index (Phi) is 3.84. The van der Waals surface area contributed by atoms with Crippen molar-refractivity contribution in [1.82, 2.24) is 4.98 Å². The second kappa shape index (κ2) is 5.37. The molecule has 0 aliphatic heterocycles. The van der Waals surface area contributed by atoms with Gasteiger partial charge in [-0.3, -0.25) is 0 Å². The van der Waals surface area contributed by atoms with Gasteiger partial charge in [-0.2, -0.15) is 0 Å². The van der Waals surface area contributed by atoms with Gasteiger partial charge in [-0.25, -0.2) is 9.78 Å². The highest BCUT2D eigenvalue weighted by molar-refractivity contribution is 7.19. The normalized spacial score (nSPS) is 10.3. The van der Waals surface area contributed by atoms with Gasteiger partial charge in [-0.15, -0.1) is 0 Å². The number of thiazole rings is 1. The van der Waals surface area contributed by atoms with Crippen molar-refractivity contribution in [3.05, 3.63) is 35.0 Å². The zero-order valence-corrected chi connectivity index (χ0v) is 11.2. The summed E-state index contributed by atoms with van der Waals surface area (Å²) in [5.41, 5.74) is 6.81. The molecule has 1 heterocycles. The van der Waals surface area contributed by atoms with E-state index in [-0.39, 0.29) is 5.69 Å². The molecule has 0 aliphatic rings. The molecule has 2 rings (SSSR count). The molecule has 0 amide bonds. The number of esters is 1. The van der Waals surface area contributed by atoms with Gasteiger partial charge in [0.25, 0.3) is 0 Å². The summed E-state index contributed by atoms with van der Waals surface area (Å²) in [5.74, 6) is -0.494. The molecule has 0 atom stereocenters. The molecular weight excluding hydrogens is 272 g/mol. The van der Waals surface area contributed by atoms with Gasteiger partial charge in [0, 0.05) is 10.6 Å². The Labute approximate surface area is 113 Å². The van der Waals surface area contributed by atoms with Crippen molar-refractivity contribution in [2.24, 2.45) is 0 Å². The van der Waals surface area contributed by atoms with Crippen LogP contribution in [0.4, 0.5) is 5.00 Å². The minimum absolute atomic E-state index is 0.173. The molecule has 0 radical (unpaired) electrons. The molecule has 94 valence electrons. The summed E-state index contributed by atoms with van der Waals surface area (Å²) in [7, 11) is 0. The molecule has 1 aromatic carbocycles. The number of ether oxygens (including phenoxy) is 1. The number of rotatable bonds is 3. The Balaban J connectivity index is 2.34. The number of anilines is 1. The number of nitrogens with two attached hydrogens (primary N) is 1. The molecule has 18 heavy (non-hydrogen) atoms. The molecule has 0 unspecified atom stereocenters. The summed E-state index contributed by atoms with van der Waals surface area (Å²) in [6, 6.07) is 7.18. The Hall–Kier alpha value is -1.59. The van der Waals surface area contributed by atoms with Crippen molar-refractivity contribution < 1.29 is 9.53 Å². The number of carbonyl (C=O) groups excluding carboxylic acids is 1. The summed E-state index contributed by atoms with van der Waals surface area (Å²) in [6.45, 7) is 2.03. The highest BCUT2D eigenvalue weighted by Crippen LogP contribution is 2.30. The fourth-order valence-corrected chi connectivity index (χ4v) is 2.34. The molecule has 0 saturated carbocycles. The van der Waals surface area contributed by atoms with Crippen LogP contribution in [0.2, 0.25) is 5.02 Å². The maximum atomic E-state index is 11.6. The summed E-state index contributed by atoms with van der Waals surface area (Å²) in [6.07, 6.45) is 0. The zero-order valence-electron chi connectivity index (χ0n) is 9.64. The number of nitrogen functional groups attached to an aromatic ring is 1. The maximum absolute atomic E-state index is 11.6. The third kappa shape index (κ3) is 2.63. The van der Waals surface area contributed by atoms with Crippen LogP contribution < -0.4 is 5.73 Å². The lowest BCUT2D eigenvalue weighted by Crippen LogP contribution is -2.07. The lowest BCUT2D eigenvalue weighted by molar-refractivity contribution is 0.0522. The third-order valence-electron chi connectivity index (χ3n) is 2.21. The minimum Gasteiger partial charge on any atom is -0.461 e. The van der Waals surface area contributed by atoms with Crippen molar-refractivity contribution in [3.63, 3.8) is 0 Å². The molecule has 0 saturated heterocycles. The summed E-state index contributed by atoms with van der Waals surface area (Å²) < 4.78 is 4.88. The van der Waals surface area contributed by atoms with Crippen molar-refractivity contribution in [2.45, 2.75) is 6.92 Å². The highest BCUT2D eigenvalue weighted by atomic mass is 35.5. The van der Waals surface area contributed by atoms with Crippen LogP contribution in [0.25, 0.3) is 10.6 Å². The second-order valence-corrected chi connectivity index (χ2v) is 4.93. The second-order valence-electron chi connectivity index (χ2n) is 3.46. The van der Waals surface area contributed by atoms with Gasteiger partial charge < -0.3 is 10.5 Å². The number of benzene rings is 1. The first-order chi connectivity index (χ1) is 8.61. The first kappa shape index (κ1) is 12.9. The van der Waals surface area contributed by atoms with Crippen LogP contribution in [0.15, 0.2) is 24.3 Å². The molecule has 0 bridgehead atoms. The Morgan fingerprint density at radius 1 is 1.44 bits per heavy atom. The predicted octanol–water partition coefficient (Wildman–Crippen LogP) is 3.22. The molecule has 0 aliphatic carbocycles. The summed E-state index contributed by atoms with van der Waals surface area (Å²) in [4.78, 5) is 15.8. The topological polar surface area (TPSA) is 65.2 Å². The van der Waals surface area contributed by atoms with Crippen LogP contribution in [0.3, 0.4) is 0 Å². The lowest BCUT2D eigenvalue weighted by Gasteiger charge is -1.98. The van der Waals surface area contributed by atoms with Crippen molar-refractivity contribution in [3.8, 4) is 10.6 Å². The summed E-state index contributed by atoms with van der Waals surface area (Å²) >= 11 is 7.06. The molecule has 6 heteroatoms. The molecule has 0 fully saturated rings. The third-order valence-corrected chi connectivity index (χ3v) is 3.40. The Morgan fingerprint density at radius 2 is 2.11 bits per heavy atom. The number of hydrogen-bond donors (Lipinski definition) is 1. The first-order valence-electron chi connectivity index (χ1n) is 5.31. The van der Waals surface area contributed by atoms with Gasteiger partial charge in [0.1, 0.15) is 10.0 Å². The SMILES string of the molecule is CCOC(=O)c1nc(-c2ccc(Cl)cc2)sc1N. The molecule has 4 nitrogen and oxygen atoms in total. The number of hydrogen-bond acceptors (Lipinski definition) is 5. The van der Waals surface area contributed by atoms with Crippen LogP contribution in [-0.4, -0.2) is 17.6 Å². The van der Waals surface area contributed by atoms with Crippen molar-refractivity contribution in [1.29, 1.82) is 0 Å². The van der Waals surface area contributed by atoms with Gasteiger partial charge in [-0.05, 0) is 19.1 Å². The summed E-state index contributed by atoms with van der Waals surface area (Å²) in [5, 5.41) is 1.68. The molecule has 0 spiro atoms. The van der Waals surface area contributed by atoms with Gasteiger partial charge in [0.05, 0.1) is 6.61 Å². The van der Waals surface area contributed by atoms with E-state index in [1.807, 2.05) is 12.1 Å². The van der Waals surface area contributed by atoms with Crippen LogP contribution in [-0.2, 0) is 4.74 Å². The van der Waals surface area contributed by atoms with E-state index in [0.717, 1.165) is 5.56 Å². The monoisotopic (exact) mass is 282 g/mol. The minimum atomic E-state index is -0.494. The molecular formula is C12H11ClN2O2S. The van der Waals surface area contributed by atoms with E-state index >= 15 is 0 Å². The fourth-order valence-electron chi connectivity index (χ4n) is 1.39. The average molecular weight is 283 g/mol. The Morgan fingerprint density at radius 3 is 2.72 bits per heavy atom. The van der Waals surface area contributed by atoms with Gasteiger partial charge in [0.15, 0.2) is 5.69 Å². The number of carbonyl (C=O) groups is 1. The smallest absolute Gasteiger partial charge is 0.360 e. The molecule has 2 aromatic rings. The van der Waals surface area contributed by atoms with Crippen LogP contribution in [0.5, 0.6) is 0 Å². The highest BCUT2D eigenvalue weighted by Gasteiger charge is 2.17. The van der Waals surface area contributed by atoms with E-state index < -0.39 is 5.97 Å². The van der Waals surface area contributed by atoms with Gasteiger partial charge in [0.2, 0.25) is 0 Å². The first-order valence-corrected chi connectivity index (χ1v) is 6.50. The number of halogens is 1. The number of aromatic nitrogens is 1. The van der Waals surface area contributed by atoms with Crippen LogP contribution >= 0.6 is 22.9 Å². The zero-order chi connectivity index (χ0) is 13.1. The largest absolute Gasteiger partial charge is 0.461 e. The van der Waals surface area contributed by atoms with E-state index in [2.05, 4.69) is 4.98 Å². The van der Waals surface area contributed by atoms with Gasteiger partial charge >= 0.3 is 5.97 Å². The van der Waals surface area contributed by atoms with Crippen molar-refractivity contribution in [2.75, 3.05) is 12.3 Å². The van der Waals surface area contributed by atoms with E-state index in [1.165, 1.54) is 11.3 Å². The Bertz CT molecular complexity index is 566. The maximum Gasteiger partial charge on any atom is 0.360 e. The molecule has 1 aromatic heterocycles. The van der Waals surface area contributed by atoms with E-state index in [0.29, 0.717) is 21.6 Å². The van der Waals surface area contributed by atoms with Gasteiger partial charge in [-0.1, -0.05) is 35.1 Å². The van der Waals surface area contributed by atoms with Crippen molar-refractivity contribution >= 4 is 33.9 Å². The van der Waals surface area contributed by atoms with Crippen LogP contribution in [0, 0.1) is 0 Å². The molecule has 2 N–H and O–H groups in total. The predicted molar refractivity (Wildman–Crippen MR) is 72.9 cm³/mol. The standard InChI is InChI=1S/C12H11ClN2O2S/c1-2-17-12(16)9-10(14)18-11(15-9)7-3-5-8(13)6-4-7/h3-6H,2,14H2,1H3. The van der Waals surface area contributed by atoms with E-state index in [9.17, 15) is 4.79 Å². The number of nitrogens with zero attached hydrogens (tertiary/aromatic N) is 1. The quantitative estimate of drug-likeness (QED) is 0.878. The van der Waals surface area contributed by atoms with E-state index in [1.54, 1.807) is 19.1 Å². The average Bonchev–Trinajstić information content (AvgIpc) is 2.72. The fraction of sp³-hybridized carbons (Fsp3) is 0.167. The van der Waals surface area contributed by atoms with E-state index in [4.69, 9.17) is 22.1 Å². The lowest BCUT2D eigenvalue weighted by atomic mass is 10.2.